The zero-order chi connectivity index (χ0) is 40.3. The molecule has 0 radical (unpaired) electrons. The summed E-state index contributed by atoms with van der Waals surface area (Å²) < 4.78 is 6.59. The molecule has 1 unspecified atom stereocenters. The van der Waals surface area contributed by atoms with Crippen molar-refractivity contribution in [1.82, 2.24) is 9.97 Å². The molecule has 0 saturated heterocycles. The minimum absolute atomic E-state index is 0.0210. The second-order valence-corrected chi connectivity index (χ2v) is 19.8. The minimum atomic E-state index is -2.79. The monoisotopic (exact) mass is 794 g/mol. The molecule has 1 aliphatic rings. The Balaban J connectivity index is 1.10. The van der Waals surface area contributed by atoms with E-state index in [1.165, 1.54) is 48.6 Å². The molecule has 11 aromatic rings. The number of nitrogens with zero attached hydrogens (tertiary/aromatic N) is 2. The van der Waals surface area contributed by atoms with Crippen LogP contribution in [0.25, 0.3) is 66.6 Å². The van der Waals surface area contributed by atoms with E-state index in [9.17, 15) is 0 Å². The molecular formula is C57H38N2OSi. The van der Waals surface area contributed by atoms with E-state index in [0.717, 1.165) is 49.7 Å². The van der Waals surface area contributed by atoms with Crippen molar-refractivity contribution in [2.45, 2.75) is 5.92 Å². The first-order chi connectivity index (χ1) is 30.2. The van der Waals surface area contributed by atoms with Crippen molar-refractivity contribution in [3.05, 3.63) is 241 Å². The molecule has 0 N–H and O–H groups in total. The molecular weight excluding hydrogens is 757 g/mol. The summed E-state index contributed by atoms with van der Waals surface area (Å²) >= 11 is 0. The molecule has 0 bridgehead atoms. The minimum Gasteiger partial charge on any atom is -0.456 e. The van der Waals surface area contributed by atoms with E-state index in [0.29, 0.717) is 5.82 Å². The van der Waals surface area contributed by atoms with Gasteiger partial charge < -0.3 is 4.42 Å². The maximum absolute atomic E-state index is 6.59. The first kappa shape index (κ1) is 35.3. The molecule has 286 valence electrons. The third kappa shape index (κ3) is 5.64. The molecule has 0 aliphatic heterocycles. The van der Waals surface area contributed by atoms with Gasteiger partial charge in [-0.15, -0.1) is 0 Å². The van der Waals surface area contributed by atoms with Crippen LogP contribution in [-0.2, 0) is 0 Å². The standard InChI is InChI=1S/C57H38N2OSi/c1-5-18-38(19-6-1)56-47-29-13-15-30-52(47)58-57(59-56)40-21-17-20-39(34-40)55-46-33-32-44(35-48(46)49-37-54-50(36-51(49)55)45-28-14-16-31-53(45)60-54)61(41-22-7-2-8-23-41,42-24-9-3-10-25-42)43-26-11-4-12-27-43/h1-37,55H. The van der Waals surface area contributed by atoms with Gasteiger partial charge >= 0.3 is 0 Å². The Morgan fingerprint density at radius 3 is 1.67 bits per heavy atom. The van der Waals surface area contributed by atoms with Gasteiger partial charge in [0.15, 0.2) is 13.9 Å². The number of fused-ring (bicyclic) bond motifs is 7. The van der Waals surface area contributed by atoms with E-state index in [-0.39, 0.29) is 5.92 Å². The molecule has 2 aromatic heterocycles. The van der Waals surface area contributed by atoms with Gasteiger partial charge in [0.05, 0.1) is 11.2 Å². The topological polar surface area (TPSA) is 38.9 Å². The van der Waals surface area contributed by atoms with Gasteiger partial charge in [0.25, 0.3) is 0 Å². The number of benzene rings is 9. The average Bonchev–Trinajstić information content (AvgIpc) is 3.86. The highest BCUT2D eigenvalue weighted by Gasteiger charge is 2.43. The Kier molecular flexibility index (Phi) is 8.25. The summed E-state index contributed by atoms with van der Waals surface area (Å²) in [6, 6.07) is 81.6. The summed E-state index contributed by atoms with van der Waals surface area (Å²) in [5.41, 5.74) is 12.0. The predicted octanol–water partition coefficient (Wildman–Crippen LogP) is 11.4. The van der Waals surface area contributed by atoms with Gasteiger partial charge in [-0.25, -0.2) is 9.97 Å². The summed E-state index contributed by atoms with van der Waals surface area (Å²) in [5, 5.41) is 8.72. The third-order valence-electron chi connectivity index (χ3n) is 12.7. The van der Waals surface area contributed by atoms with Gasteiger partial charge in [-0.1, -0.05) is 194 Å². The van der Waals surface area contributed by atoms with E-state index in [1.54, 1.807) is 0 Å². The van der Waals surface area contributed by atoms with Crippen LogP contribution in [0.15, 0.2) is 229 Å². The number of para-hydroxylation sites is 2. The normalized spacial score (nSPS) is 13.4. The second-order valence-electron chi connectivity index (χ2n) is 16.0. The molecule has 1 aliphatic carbocycles. The second kappa shape index (κ2) is 14.3. The van der Waals surface area contributed by atoms with Crippen LogP contribution in [0.2, 0.25) is 0 Å². The van der Waals surface area contributed by atoms with Crippen LogP contribution in [0.5, 0.6) is 0 Å². The molecule has 0 amide bonds. The fourth-order valence-corrected chi connectivity index (χ4v) is 14.8. The fourth-order valence-electron chi connectivity index (χ4n) is 10.0. The number of hydrogen-bond acceptors (Lipinski definition) is 3. The van der Waals surface area contributed by atoms with Crippen molar-refractivity contribution in [2.24, 2.45) is 0 Å². The summed E-state index contributed by atoms with van der Waals surface area (Å²) in [7, 11) is -2.79. The Morgan fingerprint density at radius 2 is 0.967 bits per heavy atom. The summed E-state index contributed by atoms with van der Waals surface area (Å²) in [4.78, 5) is 10.4. The van der Waals surface area contributed by atoms with E-state index in [2.05, 4.69) is 212 Å². The Morgan fingerprint density at radius 1 is 0.377 bits per heavy atom. The highest BCUT2D eigenvalue weighted by molar-refractivity contribution is 7.19. The Labute approximate surface area is 355 Å². The molecule has 3 nitrogen and oxygen atoms in total. The average molecular weight is 795 g/mol. The van der Waals surface area contributed by atoms with Gasteiger partial charge in [-0.3, -0.25) is 0 Å². The zero-order valence-corrected chi connectivity index (χ0v) is 34.2. The largest absolute Gasteiger partial charge is 0.456 e. The van der Waals surface area contributed by atoms with Crippen molar-refractivity contribution in [2.75, 3.05) is 0 Å². The number of hydrogen-bond donors (Lipinski definition) is 0. The first-order valence-electron chi connectivity index (χ1n) is 20.9. The van der Waals surface area contributed by atoms with Crippen LogP contribution in [0.4, 0.5) is 0 Å². The van der Waals surface area contributed by atoms with Crippen LogP contribution in [0.3, 0.4) is 0 Å². The molecule has 12 rings (SSSR count). The van der Waals surface area contributed by atoms with Crippen LogP contribution in [0, 0.1) is 0 Å². The van der Waals surface area contributed by atoms with Crippen molar-refractivity contribution in [1.29, 1.82) is 0 Å². The van der Waals surface area contributed by atoms with E-state index >= 15 is 0 Å². The molecule has 1 atom stereocenters. The quantitative estimate of drug-likeness (QED) is 0.119. The Bertz CT molecular complexity index is 3320. The smallest absolute Gasteiger partial charge is 0.179 e. The molecule has 0 spiro atoms. The molecule has 4 heteroatoms. The van der Waals surface area contributed by atoms with Crippen LogP contribution in [0.1, 0.15) is 22.6 Å². The lowest BCUT2D eigenvalue weighted by atomic mass is 9.88. The molecule has 2 heterocycles. The lowest BCUT2D eigenvalue weighted by molar-refractivity contribution is 0.669. The van der Waals surface area contributed by atoms with Gasteiger partial charge in [0.1, 0.15) is 11.2 Å². The van der Waals surface area contributed by atoms with Gasteiger partial charge in [-0.2, -0.15) is 0 Å². The molecule has 9 aromatic carbocycles. The zero-order valence-electron chi connectivity index (χ0n) is 33.2. The maximum Gasteiger partial charge on any atom is 0.179 e. The number of rotatable bonds is 7. The summed E-state index contributed by atoms with van der Waals surface area (Å²) in [5.74, 6) is 0.696. The SMILES string of the molecule is c1ccc(-c2nc(-c3cccc(C4c5ccc([Si](c6ccccc6)(c6ccccc6)c6ccccc6)cc5-c5cc6oc7ccccc7c6cc54)c3)nc3ccccc23)cc1. The van der Waals surface area contributed by atoms with Crippen molar-refractivity contribution < 1.29 is 4.42 Å². The summed E-state index contributed by atoms with van der Waals surface area (Å²) in [6.45, 7) is 0. The van der Waals surface area contributed by atoms with Gasteiger partial charge in [0.2, 0.25) is 0 Å². The van der Waals surface area contributed by atoms with Crippen LogP contribution < -0.4 is 20.7 Å². The lowest BCUT2D eigenvalue weighted by Crippen LogP contribution is -2.74. The van der Waals surface area contributed by atoms with Gasteiger partial charge in [0, 0.05) is 33.2 Å². The van der Waals surface area contributed by atoms with Crippen LogP contribution in [-0.4, -0.2) is 18.0 Å². The van der Waals surface area contributed by atoms with Crippen molar-refractivity contribution >= 4 is 61.7 Å². The lowest BCUT2D eigenvalue weighted by Gasteiger charge is -2.35. The van der Waals surface area contributed by atoms with Crippen LogP contribution >= 0.6 is 0 Å². The molecule has 0 fully saturated rings. The highest BCUT2D eigenvalue weighted by Crippen LogP contribution is 2.50. The molecule has 61 heavy (non-hydrogen) atoms. The third-order valence-corrected chi connectivity index (χ3v) is 17.5. The number of aromatic nitrogens is 2. The van der Waals surface area contributed by atoms with Crippen molar-refractivity contribution in [3.63, 3.8) is 0 Å². The maximum atomic E-state index is 6.59. The fraction of sp³-hybridized carbons (Fsp3) is 0.0175. The van der Waals surface area contributed by atoms with E-state index in [4.69, 9.17) is 14.4 Å². The predicted molar refractivity (Wildman–Crippen MR) is 254 cm³/mol. The Hall–Kier alpha value is -7.66. The summed E-state index contributed by atoms with van der Waals surface area (Å²) in [6.07, 6.45) is 0. The van der Waals surface area contributed by atoms with E-state index in [1.807, 2.05) is 12.1 Å². The first-order valence-corrected chi connectivity index (χ1v) is 22.9. The van der Waals surface area contributed by atoms with Crippen molar-refractivity contribution in [3.8, 4) is 33.8 Å². The van der Waals surface area contributed by atoms with Gasteiger partial charge in [-0.05, 0) is 78.9 Å². The van der Waals surface area contributed by atoms with E-state index < -0.39 is 8.07 Å². The number of furan rings is 1. The molecule has 0 saturated carbocycles. The highest BCUT2D eigenvalue weighted by atomic mass is 28.3.